The highest BCUT2D eigenvalue weighted by atomic mass is 16.3. The van der Waals surface area contributed by atoms with Gasteiger partial charge in [-0.2, -0.15) is 0 Å². The minimum atomic E-state index is -0.541. The molecular formula is C56H96O4. The normalized spacial score (nSPS) is 49.6. The lowest BCUT2D eigenvalue weighted by atomic mass is 9.44. The van der Waals surface area contributed by atoms with Crippen LogP contribution in [0.15, 0.2) is 23.3 Å². The second-order valence-electron chi connectivity index (χ2n) is 27.0. The van der Waals surface area contributed by atoms with Gasteiger partial charge in [0.15, 0.2) is 0 Å². The third kappa shape index (κ3) is 8.61. The smallest absolute Gasteiger partial charge is 0.0657 e. The second kappa shape index (κ2) is 16.0. The van der Waals surface area contributed by atoms with Crippen molar-refractivity contribution in [2.24, 2.45) is 92.7 Å². The van der Waals surface area contributed by atoms with Gasteiger partial charge in [0.2, 0.25) is 0 Å². The van der Waals surface area contributed by atoms with E-state index in [1.54, 1.807) is 11.1 Å². The number of rotatable bonds is 8. The van der Waals surface area contributed by atoms with Gasteiger partial charge in [-0.15, -0.1) is 0 Å². The Kier molecular flexibility index (Phi) is 12.6. The summed E-state index contributed by atoms with van der Waals surface area (Å²) in [5, 5.41) is 42.0. The van der Waals surface area contributed by atoms with Gasteiger partial charge in [-0.1, -0.05) is 78.7 Å². The molecule has 4 heteroatoms. The maximum atomic E-state index is 10.7. The molecule has 8 aliphatic rings. The maximum absolute atomic E-state index is 10.7. The fraction of sp³-hybridized carbons (Fsp3) is 0.929. The molecule has 6 fully saturated rings. The minimum Gasteiger partial charge on any atom is -0.390 e. The standard InChI is InChI=1S/2C28H48O2/c2*1-18(10-12-25(3,4)29)21-8-9-22-24-19(2)16-20-17-26(5,30)14-15-27(20,6)23(24)11-13-28(21,22)7/h2*16,18-19,21-24,29-30H,8-15,17H2,1-7H3/t18-,19+,21-,22+,23+,24+,26+,27+,28-;18-,19-,21-,22+,23+,24+,26+,27+,28-/m11/s1. The average molecular weight is 833 g/mol. The summed E-state index contributed by atoms with van der Waals surface area (Å²) in [4.78, 5) is 0. The molecule has 0 amide bonds. The predicted octanol–water partition coefficient (Wildman–Crippen LogP) is 13.5. The van der Waals surface area contributed by atoms with Crippen molar-refractivity contribution in [3.05, 3.63) is 23.3 Å². The molecule has 6 saturated carbocycles. The van der Waals surface area contributed by atoms with E-state index in [2.05, 4.69) is 67.5 Å². The van der Waals surface area contributed by atoms with Crippen LogP contribution < -0.4 is 0 Å². The molecular weight excluding hydrogens is 737 g/mol. The molecule has 0 aromatic carbocycles. The zero-order valence-corrected chi connectivity index (χ0v) is 41.6. The van der Waals surface area contributed by atoms with Crippen molar-refractivity contribution in [3.8, 4) is 0 Å². The molecule has 0 bridgehead atoms. The Morgan fingerprint density at radius 1 is 0.533 bits per heavy atom. The summed E-state index contributed by atoms with van der Waals surface area (Å²) in [6.45, 7) is 32.1. The Morgan fingerprint density at radius 3 is 1.22 bits per heavy atom. The first-order valence-corrected chi connectivity index (χ1v) is 25.9. The van der Waals surface area contributed by atoms with Crippen molar-refractivity contribution in [3.63, 3.8) is 0 Å². The lowest BCUT2D eigenvalue weighted by Crippen LogP contribution is -2.54. The van der Waals surface area contributed by atoms with Crippen molar-refractivity contribution in [1.82, 2.24) is 0 Å². The molecule has 0 spiro atoms. The Balaban J connectivity index is 0.000000181. The molecule has 0 heterocycles. The number of fused-ring (bicyclic) bond motifs is 10. The van der Waals surface area contributed by atoms with Gasteiger partial charge < -0.3 is 20.4 Å². The van der Waals surface area contributed by atoms with Crippen LogP contribution in [-0.2, 0) is 0 Å². The third-order valence-electron chi connectivity index (χ3n) is 21.4. The molecule has 0 aliphatic heterocycles. The topological polar surface area (TPSA) is 80.9 Å². The maximum Gasteiger partial charge on any atom is 0.0657 e. The molecule has 18 atom stereocenters. The molecule has 4 nitrogen and oxygen atoms in total. The van der Waals surface area contributed by atoms with Gasteiger partial charge in [0.05, 0.1) is 22.4 Å². The Hall–Kier alpha value is -0.680. The van der Waals surface area contributed by atoms with Crippen LogP contribution in [0.5, 0.6) is 0 Å². The van der Waals surface area contributed by atoms with Crippen molar-refractivity contribution in [2.75, 3.05) is 0 Å². The number of allylic oxidation sites excluding steroid dienone is 2. The SMILES string of the molecule is C[C@@H]1C=C2C[C@@](C)(O)CC[C@]2(C)[C@H]2CC[C@]3(C)[C@@H]([C@H](C)CCC(C)(C)O)CC[C@H]3[C@H]12.C[C@H](CCC(C)(C)O)[C@H]1CC[C@H]2[C@@H]3[C@@H](C)C=C4C[C@@](C)(O)CC[C@]4(C)[C@H]3CC[C@]12C. The van der Waals surface area contributed by atoms with Crippen molar-refractivity contribution in [2.45, 2.75) is 235 Å². The van der Waals surface area contributed by atoms with Crippen LogP contribution in [0.1, 0.15) is 213 Å². The highest BCUT2D eigenvalue weighted by Gasteiger charge is 2.63. The Bertz CT molecular complexity index is 1490. The summed E-state index contributed by atoms with van der Waals surface area (Å²) in [6, 6.07) is 0. The molecule has 344 valence electrons. The first-order valence-electron chi connectivity index (χ1n) is 25.9. The monoisotopic (exact) mass is 833 g/mol. The van der Waals surface area contributed by atoms with E-state index in [0.29, 0.717) is 45.3 Å². The van der Waals surface area contributed by atoms with Crippen molar-refractivity contribution in [1.29, 1.82) is 0 Å². The van der Waals surface area contributed by atoms with Gasteiger partial charge in [-0.3, -0.25) is 0 Å². The summed E-state index contributed by atoms with van der Waals surface area (Å²) in [6.07, 6.45) is 26.4. The van der Waals surface area contributed by atoms with Crippen LogP contribution in [0.4, 0.5) is 0 Å². The van der Waals surface area contributed by atoms with Crippen molar-refractivity contribution < 1.29 is 20.4 Å². The van der Waals surface area contributed by atoms with E-state index < -0.39 is 22.4 Å². The van der Waals surface area contributed by atoms with E-state index in [0.717, 1.165) is 112 Å². The lowest BCUT2D eigenvalue weighted by Gasteiger charge is -2.60. The van der Waals surface area contributed by atoms with E-state index in [4.69, 9.17) is 0 Å². The molecule has 0 aromatic heterocycles. The fourth-order valence-corrected chi connectivity index (χ4v) is 17.8. The zero-order valence-electron chi connectivity index (χ0n) is 41.6. The van der Waals surface area contributed by atoms with Crippen LogP contribution in [0.2, 0.25) is 0 Å². The zero-order chi connectivity index (χ0) is 44.2. The van der Waals surface area contributed by atoms with Gasteiger partial charge in [0, 0.05) is 0 Å². The van der Waals surface area contributed by atoms with E-state index in [1.807, 2.05) is 41.5 Å². The van der Waals surface area contributed by atoms with Gasteiger partial charge in [0.25, 0.3) is 0 Å². The molecule has 60 heavy (non-hydrogen) atoms. The van der Waals surface area contributed by atoms with Gasteiger partial charge in [0.1, 0.15) is 0 Å². The van der Waals surface area contributed by atoms with Crippen LogP contribution in [0, 0.1) is 92.7 Å². The van der Waals surface area contributed by atoms with Crippen LogP contribution in [0.25, 0.3) is 0 Å². The summed E-state index contributed by atoms with van der Waals surface area (Å²) >= 11 is 0. The molecule has 0 unspecified atom stereocenters. The van der Waals surface area contributed by atoms with Crippen LogP contribution in [-0.4, -0.2) is 42.8 Å². The van der Waals surface area contributed by atoms with E-state index in [9.17, 15) is 20.4 Å². The number of hydrogen-bond donors (Lipinski definition) is 4. The average Bonchev–Trinajstić information content (AvgIpc) is 3.67. The van der Waals surface area contributed by atoms with Gasteiger partial charge in [-0.25, -0.2) is 0 Å². The third-order valence-corrected chi connectivity index (χ3v) is 21.4. The summed E-state index contributed by atoms with van der Waals surface area (Å²) in [7, 11) is 0. The van der Waals surface area contributed by atoms with E-state index in [1.165, 1.54) is 51.4 Å². The molecule has 0 saturated heterocycles. The first kappa shape index (κ1) is 47.3. The van der Waals surface area contributed by atoms with Crippen LogP contribution >= 0.6 is 0 Å². The number of hydrogen-bond acceptors (Lipinski definition) is 4. The summed E-state index contributed by atoms with van der Waals surface area (Å²) in [5.74, 6) is 9.21. The van der Waals surface area contributed by atoms with Crippen LogP contribution in [0.3, 0.4) is 0 Å². The molecule has 8 aliphatic carbocycles. The van der Waals surface area contributed by atoms with Crippen molar-refractivity contribution >= 4 is 0 Å². The predicted molar refractivity (Wildman–Crippen MR) is 250 cm³/mol. The summed E-state index contributed by atoms with van der Waals surface area (Å²) in [5.41, 5.74) is 2.61. The largest absolute Gasteiger partial charge is 0.390 e. The Morgan fingerprint density at radius 2 is 0.883 bits per heavy atom. The second-order valence-corrected chi connectivity index (χ2v) is 27.0. The summed E-state index contributed by atoms with van der Waals surface area (Å²) < 4.78 is 0. The Labute approximate surface area is 370 Å². The fourth-order valence-electron chi connectivity index (χ4n) is 17.8. The molecule has 8 rings (SSSR count). The minimum absolute atomic E-state index is 0.311. The quantitative estimate of drug-likeness (QED) is 0.184. The number of aliphatic hydroxyl groups is 4. The molecule has 0 radical (unpaired) electrons. The first-order chi connectivity index (χ1) is 27.5. The van der Waals surface area contributed by atoms with E-state index >= 15 is 0 Å². The van der Waals surface area contributed by atoms with E-state index in [-0.39, 0.29) is 0 Å². The van der Waals surface area contributed by atoms with Gasteiger partial charge >= 0.3 is 0 Å². The van der Waals surface area contributed by atoms with Gasteiger partial charge in [-0.05, 0) is 250 Å². The molecule has 4 N–H and O–H groups in total. The molecule has 0 aromatic rings. The lowest BCUT2D eigenvalue weighted by molar-refractivity contribution is -0.0847. The highest BCUT2D eigenvalue weighted by Crippen LogP contribution is 2.70. The highest BCUT2D eigenvalue weighted by molar-refractivity contribution is 5.29.